The number of nitrogens with two attached hydrogens (primary N) is 1. The van der Waals surface area contributed by atoms with Crippen molar-refractivity contribution in [3.63, 3.8) is 0 Å². The Balaban J connectivity index is 1.78. The molecule has 1 aliphatic carbocycles. The molecule has 0 aromatic carbocycles. The highest BCUT2D eigenvalue weighted by molar-refractivity contribution is 7.10. The molecule has 1 unspecified atom stereocenters. The van der Waals surface area contributed by atoms with Gasteiger partial charge in [0, 0.05) is 4.88 Å². The molecular formula is C13H22N2S. The number of hydrogen-bond acceptors (Lipinski definition) is 3. The van der Waals surface area contributed by atoms with E-state index in [4.69, 9.17) is 5.84 Å². The minimum atomic E-state index is 0.363. The summed E-state index contributed by atoms with van der Waals surface area (Å²) in [4.78, 5) is 1.37. The topological polar surface area (TPSA) is 38.0 Å². The van der Waals surface area contributed by atoms with Crippen LogP contribution in [0.3, 0.4) is 0 Å². The molecule has 2 rings (SSSR count). The van der Waals surface area contributed by atoms with Crippen LogP contribution in [0.2, 0.25) is 0 Å². The summed E-state index contributed by atoms with van der Waals surface area (Å²) >= 11 is 1.80. The van der Waals surface area contributed by atoms with E-state index in [-0.39, 0.29) is 0 Å². The highest BCUT2D eigenvalue weighted by Gasteiger charge is 2.17. The third-order valence-corrected chi connectivity index (χ3v) is 4.66. The zero-order valence-electron chi connectivity index (χ0n) is 9.82. The molecule has 3 heteroatoms. The van der Waals surface area contributed by atoms with Gasteiger partial charge in [0.05, 0.1) is 6.04 Å². The van der Waals surface area contributed by atoms with Gasteiger partial charge in [-0.25, -0.2) is 0 Å². The van der Waals surface area contributed by atoms with Crippen molar-refractivity contribution in [3.05, 3.63) is 22.4 Å². The smallest absolute Gasteiger partial charge is 0.0553 e. The van der Waals surface area contributed by atoms with Crippen molar-refractivity contribution in [2.24, 2.45) is 11.8 Å². The van der Waals surface area contributed by atoms with Crippen LogP contribution >= 0.6 is 11.3 Å². The van der Waals surface area contributed by atoms with E-state index in [1.54, 1.807) is 11.3 Å². The van der Waals surface area contributed by atoms with Crippen molar-refractivity contribution >= 4 is 11.3 Å². The zero-order chi connectivity index (χ0) is 11.2. The molecule has 0 amide bonds. The predicted molar refractivity (Wildman–Crippen MR) is 70.2 cm³/mol. The fraction of sp³-hybridized carbons (Fsp3) is 0.692. The molecule has 1 atom stereocenters. The molecule has 0 spiro atoms. The van der Waals surface area contributed by atoms with Gasteiger partial charge < -0.3 is 0 Å². The minimum Gasteiger partial charge on any atom is -0.271 e. The first-order valence-corrected chi connectivity index (χ1v) is 7.27. The highest BCUT2D eigenvalue weighted by Crippen LogP contribution is 2.31. The molecule has 0 aliphatic heterocycles. The largest absolute Gasteiger partial charge is 0.271 e. The van der Waals surface area contributed by atoms with Crippen LogP contribution in [0, 0.1) is 5.92 Å². The number of hydrazine groups is 1. The Morgan fingerprint density at radius 1 is 1.38 bits per heavy atom. The van der Waals surface area contributed by atoms with Gasteiger partial charge in [-0.1, -0.05) is 38.2 Å². The third kappa shape index (κ3) is 3.30. The van der Waals surface area contributed by atoms with Crippen molar-refractivity contribution in [2.45, 2.75) is 51.0 Å². The van der Waals surface area contributed by atoms with Crippen molar-refractivity contribution < 1.29 is 0 Å². The molecular weight excluding hydrogens is 216 g/mol. The second kappa shape index (κ2) is 6.38. The summed E-state index contributed by atoms with van der Waals surface area (Å²) in [5, 5.41) is 2.13. The first-order chi connectivity index (χ1) is 7.90. The Bertz CT molecular complexity index is 278. The van der Waals surface area contributed by atoms with Crippen LogP contribution in [-0.2, 0) is 0 Å². The molecule has 16 heavy (non-hydrogen) atoms. The van der Waals surface area contributed by atoms with E-state index in [9.17, 15) is 0 Å². The molecule has 1 saturated carbocycles. The number of thiophene rings is 1. The molecule has 1 fully saturated rings. The van der Waals surface area contributed by atoms with Crippen molar-refractivity contribution in [1.82, 2.24) is 5.43 Å². The molecule has 1 aromatic rings. The summed E-state index contributed by atoms with van der Waals surface area (Å²) in [6, 6.07) is 4.64. The maximum Gasteiger partial charge on any atom is 0.0553 e. The fourth-order valence-electron chi connectivity index (χ4n) is 2.68. The van der Waals surface area contributed by atoms with Gasteiger partial charge in [-0.15, -0.1) is 11.3 Å². The molecule has 0 bridgehead atoms. The van der Waals surface area contributed by atoms with E-state index in [0.29, 0.717) is 6.04 Å². The van der Waals surface area contributed by atoms with Crippen LogP contribution in [0.5, 0.6) is 0 Å². The van der Waals surface area contributed by atoms with Crippen LogP contribution in [0.1, 0.15) is 55.9 Å². The summed E-state index contributed by atoms with van der Waals surface area (Å²) in [6.45, 7) is 0. The summed E-state index contributed by atoms with van der Waals surface area (Å²) < 4.78 is 0. The molecule has 2 nitrogen and oxygen atoms in total. The van der Waals surface area contributed by atoms with Crippen LogP contribution in [0.15, 0.2) is 17.5 Å². The molecule has 1 heterocycles. The van der Waals surface area contributed by atoms with E-state index < -0.39 is 0 Å². The van der Waals surface area contributed by atoms with Crippen LogP contribution in [0.4, 0.5) is 0 Å². The fourth-order valence-corrected chi connectivity index (χ4v) is 3.50. The Labute approximate surface area is 102 Å². The van der Waals surface area contributed by atoms with Gasteiger partial charge in [0.15, 0.2) is 0 Å². The van der Waals surface area contributed by atoms with E-state index in [0.717, 1.165) is 5.92 Å². The Morgan fingerprint density at radius 2 is 2.19 bits per heavy atom. The maximum atomic E-state index is 5.64. The lowest BCUT2D eigenvalue weighted by Crippen LogP contribution is -2.28. The molecule has 0 radical (unpaired) electrons. The van der Waals surface area contributed by atoms with Gasteiger partial charge in [0.25, 0.3) is 0 Å². The maximum absolute atomic E-state index is 5.64. The normalized spacial score (nSPS) is 19.8. The summed E-state index contributed by atoms with van der Waals surface area (Å²) in [5.74, 6) is 6.58. The zero-order valence-corrected chi connectivity index (χ0v) is 10.6. The summed E-state index contributed by atoms with van der Waals surface area (Å²) in [5.41, 5.74) is 2.95. The first kappa shape index (κ1) is 12.1. The molecule has 1 aliphatic rings. The van der Waals surface area contributed by atoms with Crippen molar-refractivity contribution in [1.29, 1.82) is 0 Å². The van der Waals surface area contributed by atoms with E-state index in [1.165, 1.54) is 49.8 Å². The molecule has 0 saturated heterocycles. The average Bonchev–Trinajstić information content (AvgIpc) is 2.85. The van der Waals surface area contributed by atoms with Gasteiger partial charge in [-0.2, -0.15) is 0 Å². The Morgan fingerprint density at radius 3 is 2.81 bits per heavy atom. The van der Waals surface area contributed by atoms with Gasteiger partial charge in [0.2, 0.25) is 0 Å². The lowest BCUT2D eigenvalue weighted by molar-refractivity contribution is 0.316. The number of rotatable bonds is 5. The lowest BCUT2D eigenvalue weighted by atomic mass is 9.85. The number of hydrogen-bond donors (Lipinski definition) is 2. The summed E-state index contributed by atoms with van der Waals surface area (Å²) in [7, 11) is 0. The molecule has 1 aromatic heterocycles. The van der Waals surface area contributed by atoms with E-state index in [1.807, 2.05) is 0 Å². The van der Waals surface area contributed by atoms with E-state index >= 15 is 0 Å². The second-order valence-electron chi connectivity index (χ2n) is 4.82. The van der Waals surface area contributed by atoms with Crippen molar-refractivity contribution in [2.75, 3.05) is 0 Å². The lowest BCUT2D eigenvalue weighted by Gasteiger charge is -2.23. The first-order valence-electron chi connectivity index (χ1n) is 6.39. The average molecular weight is 238 g/mol. The van der Waals surface area contributed by atoms with Crippen molar-refractivity contribution in [3.8, 4) is 0 Å². The SMILES string of the molecule is NNC(CCC1CCCCC1)c1cccs1. The third-order valence-electron chi connectivity index (χ3n) is 3.68. The standard InChI is InChI=1S/C13H22N2S/c14-15-12(13-7-4-10-16-13)9-8-11-5-2-1-3-6-11/h4,7,10-12,15H,1-3,5-6,8-9,14H2. The van der Waals surface area contributed by atoms with Gasteiger partial charge >= 0.3 is 0 Å². The Hall–Kier alpha value is -0.380. The minimum absolute atomic E-state index is 0.363. The van der Waals surface area contributed by atoms with Crippen LogP contribution < -0.4 is 11.3 Å². The predicted octanol–water partition coefficient (Wildman–Crippen LogP) is 3.61. The monoisotopic (exact) mass is 238 g/mol. The van der Waals surface area contributed by atoms with Gasteiger partial charge in [-0.05, 0) is 30.2 Å². The van der Waals surface area contributed by atoms with Gasteiger partial charge in [0.1, 0.15) is 0 Å². The summed E-state index contributed by atoms with van der Waals surface area (Å²) in [6.07, 6.45) is 9.69. The van der Waals surface area contributed by atoms with Gasteiger partial charge in [-0.3, -0.25) is 11.3 Å². The molecule has 3 N–H and O–H groups in total. The number of nitrogens with one attached hydrogen (secondary N) is 1. The highest BCUT2D eigenvalue weighted by atomic mass is 32.1. The van der Waals surface area contributed by atoms with Crippen LogP contribution in [0.25, 0.3) is 0 Å². The Kier molecular flexibility index (Phi) is 4.82. The molecule has 90 valence electrons. The van der Waals surface area contributed by atoms with E-state index in [2.05, 4.69) is 22.9 Å². The second-order valence-corrected chi connectivity index (χ2v) is 5.80. The van der Waals surface area contributed by atoms with Crippen LogP contribution in [-0.4, -0.2) is 0 Å². The quantitative estimate of drug-likeness (QED) is 0.607.